The second kappa shape index (κ2) is 11.0. The van der Waals surface area contributed by atoms with Gasteiger partial charge in [-0.1, -0.05) is 158 Å². The van der Waals surface area contributed by atoms with Crippen molar-refractivity contribution in [1.82, 2.24) is 10.6 Å². The van der Waals surface area contributed by atoms with Gasteiger partial charge in [0.2, 0.25) is 0 Å². The van der Waals surface area contributed by atoms with Gasteiger partial charge in [0.15, 0.2) is 0 Å². The van der Waals surface area contributed by atoms with E-state index < -0.39 is 0 Å². The summed E-state index contributed by atoms with van der Waals surface area (Å²) in [6.45, 7) is 0. The third-order valence-corrected chi connectivity index (χ3v) is 9.33. The molecule has 2 N–H and O–H groups in total. The van der Waals surface area contributed by atoms with Gasteiger partial charge < -0.3 is 5.32 Å². The van der Waals surface area contributed by atoms with Gasteiger partial charge in [0, 0.05) is 5.56 Å². The Morgan fingerprint density at radius 2 is 1.07 bits per heavy atom. The van der Waals surface area contributed by atoms with Crippen molar-refractivity contribution in [3.8, 4) is 11.1 Å². The molecular weight excluding hydrogens is 558 g/mol. The lowest BCUT2D eigenvalue weighted by Crippen LogP contribution is -2.45. The van der Waals surface area contributed by atoms with E-state index in [1.807, 2.05) is 0 Å². The van der Waals surface area contributed by atoms with Crippen LogP contribution in [0.4, 0.5) is 0 Å². The monoisotopic (exact) mass is 589 g/mol. The van der Waals surface area contributed by atoms with Crippen LogP contribution in [0.5, 0.6) is 0 Å². The molecule has 2 atom stereocenters. The summed E-state index contributed by atoms with van der Waals surface area (Å²) in [5, 5.41) is 17.5. The van der Waals surface area contributed by atoms with Gasteiger partial charge in [0.05, 0.1) is 0 Å². The third-order valence-electron chi connectivity index (χ3n) is 9.33. The number of hydrogen-bond acceptors (Lipinski definition) is 3. The molecule has 0 saturated heterocycles. The summed E-state index contributed by atoms with van der Waals surface area (Å²) in [5.74, 6) is 0.880. The van der Waals surface area contributed by atoms with Gasteiger partial charge >= 0.3 is 0 Å². The summed E-state index contributed by atoms with van der Waals surface area (Å²) in [4.78, 5) is 5.28. The molecule has 1 aliphatic rings. The largest absolute Gasteiger partial charge is 0.350 e. The average molecular weight is 590 g/mol. The molecule has 3 nitrogen and oxygen atoms in total. The molecule has 0 fully saturated rings. The minimum Gasteiger partial charge on any atom is -0.350 e. The topological polar surface area (TPSA) is 36.4 Å². The van der Waals surface area contributed by atoms with E-state index >= 15 is 0 Å². The fourth-order valence-corrected chi connectivity index (χ4v) is 7.10. The van der Waals surface area contributed by atoms with Gasteiger partial charge in [-0.2, -0.15) is 0 Å². The third kappa shape index (κ3) is 4.52. The molecule has 9 rings (SSSR count). The molecule has 8 aromatic rings. The van der Waals surface area contributed by atoms with Crippen molar-refractivity contribution in [2.45, 2.75) is 12.3 Å². The van der Waals surface area contributed by atoms with Crippen molar-refractivity contribution >= 4 is 48.9 Å². The van der Waals surface area contributed by atoms with E-state index in [1.165, 1.54) is 65.3 Å². The Morgan fingerprint density at radius 3 is 1.87 bits per heavy atom. The Kier molecular flexibility index (Phi) is 6.36. The van der Waals surface area contributed by atoms with Crippen LogP contribution in [-0.4, -0.2) is 5.84 Å². The molecular formula is C43H31N3. The number of fused-ring (bicyclic) bond motifs is 5. The first-order chi connectivity index (χ1) is 22.8. The van der Waals surface area contributed by atoms with Gasteiger partial charge in [0.1, 0.15) is 18.2 Å². The highest BCUT2D eigenvalue weighted by Crippen LogP contribution is 2.39. The van der Waals surface area contributed by atoms with Crippen molar-refractivity contribution in [3.63, 3.8) is 0 Å². The lowest BCUT2D eigenvalue weighted by Gasteiger charge is -2.32. The fraction of sp³-hybridized carbons (Fsp3) is 0.0465. The number of rotatable bonds is 4. The van der Waals surface area contributed by atoms with E-state index in [-0.39, 0.29) is 12.3 Å². The Hall–Kier alpha value is -5.77. The van der Waals surface area contributed by atoms with Gasteiger partial charge in [0.25, 0.3) is 0 Å². The number of nitrogens with one attached hydrogen (secondary N) is 2. The molecule has 0 saturated carbocycles. The highest BCUT2D eigenvalue weighted by Gasteiger charge is 2.26. The number of aliphatic imine (C=N–C) groups is 1. The van der Waals surface area contributed by atoms with E-state index in [2.05, 4.69) is 174 Å². The second-order valence-electron chi connectivity index (χ2n) is 12.0. The van der Waals surface area contributed by atoms with Crippen LogP contribution < -0.4 is 10.6 Å². The zero-order valence-corrected chi connectivity index (χ0v) is 25.2. The molecule has 0 bridgehead atoms. The zero-order valence-electron chi connectivity index (χ0n) is 25.2. The maximum atomic E-state index is 5.28. The summed E-state index contributed by atoms with van der Waals surface area (Å²) in [7, 11) is 0. The van der Waals surface area contributed by atoms with Crippen LogP contribution in [0.3, 0.4) is 0 Å². The Labute approximate surface area is 267 Å². The van der Waals surface area contributed by atoms with Crippen molar-refractivity contribution in [2.75, 3.05) is 0 Å². The molecule has 0 aliphatic carbocycles. The van der Waals surface area contributed by atoms with Crippen LogP contribution in [0.1, 0.15) is 29.0 Å². The molecule has 0 aromatic heterocycles. The summed E-state index contributed by atoms with van der Waals surface area (Å²) in [6, 6.07) is 58.8. The van der Waals surface area contributed by atoms with E-state index in [4.69, 9.17) is 4.99 Å². The van der Waals surface area contributed by atoms with Crippen molar-refractivity contribution in [2.24, 2.45) is 4.99 Å². The first kappa shape index (κ1) is 26.6. The van der Waals surface area contributed by atoms with E-state index in [0.717, 1.165) is 11.4 Å². The van der Waals surface area contributed by atoms with Gasteiger partial charge in [-0.25, -0.2) is 4.99 Å². The fourth-order valence-electron chi connectivity index (χ4n) is 7.10. The summed E-state index contributed by atoms with van der Waals surface area (Å²) >= 11 is 0. The van der Waals surface area contributed by atoms with Gasteiger partial charge in [-0.15, -0.1) is 0 Å². The molecule has 1 heterocycles. The SMILES string of the molecule is c1ccc(C2NC(c3ccc(-c4c5ccccc5cc5c4ccc4ccccc45)cc3)=NC(c3cccc4ccccc34)N2)cc1. The molecule has 8 aromatic carbocycles. The molecule has 3 heteroatoms. The minimum atomic E-state index is -0.206. The quantitative estimate of drug-likeness (QED) is 0.158. The van der Waals surface area contributed by atoms with Gasteiger partial charge in [-0.3, -0.25) is 5.32 Å². The predicted octanol–water partition coefficient (Wildman–Crippen LogP) is 10.3. The van der Waals surface area contributed by atoms with Crippen LogP contribution in [0, 0.1) is 0 Å². The summed E-state index contributed by atoms with van der Waals surface area (Å²) < 4.78 is 0. The standard InChI is InChI=1S/C43H31N3/c1-2-13-31(14-3-1)41-44-42(46-43(45-41)38-20-10-16-28-11-4-7-17-34(28)38)32-23-21-30(22-24-32)40-36-19-9-6-15-33(36)27-39-35-18-8-5-12-29(35)25-26-37(39)40/h1-27,41,43,45H,(H,44,46). The molecule has 0 radical (unpaired) electrons. The average Bonchev–Trinajstić information content (AvgIpc) is 3.14. The predicted molar refractivity (Wildman–Crippen MR) is 193 cm³/mol. The number of nitrogens with zero attached hydrogens (tertiary/aromatic N) is 1. The highest BCUT2D eigenvalue weighted by atomic mass is 15.3. The Bertz CT molecular complexity index is 2420. The smallest absolute Gasteiger partial charge is 0.131 e. The number of amidine groups is 1. The highest BCUT2D eigenvalue weighted by molar-refractivity contribution is 6.20. The minimum absolute atomic E-state index is 0.0902. The van der Waals surface area contributed by atoms with Crippen LogP contribution in [0.25, 0.3) is 54.2 Å². The lowest BCUT2D eigenvalue weighted by molar-refractivity contribution is 0.410. The number of benzene rings is 8. The van der Waals surface area contributed by atoms with Gasteiger partial charge in [-0.05, 0) is 71.4 Å². The Morgan fingerprint density at radius 1 is 0.435 bits per heavy atom. The lowest BCUT2D eigenvalue weighted by atomic mass is 9.89. The molecule has 0 spiro atoms. The normalized spacial score (nSPS) is 16.5. The first-order valence-corrected chi connectivity index (χ1v) is 15.9. The van der Waals surface area contributed by atoms with Crippen LogP contribution in [0.15, 0.2) is 169 Å². The van der Waals surface area contributed by atoms with Crippen molar-refractivity contribution < 1.29 is 0 Å². The Balaban J connectivity index is 1.17. The summed E-state index contributed by atoms with van der Waals surface area (Å²) in [5.41, 5.74) is 5.86. The first-order valence-electron chi connectivity index (χ1n) is 15.9. The van der Waals surface area contributed by atoms with E-state index in [9.17, 15) is 0 Å². The maximum absolute atomic E-state index is 5.28. The molecule has 0 amide bonds. The summed E-state index contributed by atoms with van der Waals surface area (Å²) in [6.07, 6.45) is -0.296. The van der Waals surface area contributed by atoms with Crippen molar-refractivity contribution in [1.29, 1.82) is 0 Å². The maximum Gasteiger partial charge on any atom is 0.131 e. The molecule has 46 heavy (non-hydrogen) atoms. The zero-order chi connectivity index (χ0) is 30.5. The van der Waals surface area contributed by atoms with Crippen LogP contribution >= 0.6 is 0 Å². The second-order valence-corrected chi connectivity index (χ2v) is 12.0. The van der Waals surface area contributed by atoms with E-state index in [1.54, 1.807) is 0 Å². The van der Waals surface area contributed by atoms with E-state index in [0.29, 0.717) is 0 Å². The molecule has 1 aliphatic heterocycles. The molecule has 218 valence electrons. The van der Waals surface area contributed by atoms with Crippen LogP contribution in [0.2, 0.25) is 0 Å². The number of hydrogen-bond donors (Lipinski definition) is 2. The molecule has 2 unspecified atom stereocenters. The van der Waals surface area contributed by atoms with Crippen LogP contribution in [-0.2, 0) is 0 Å². The van der Waals surface area contributed by atoms with Crippen molar-refractivity contribution in [3.05, 3.63) is 180 Å².